The van der Waals surface area contributed by atoms with Crippen LogP contribution in [-0.2, 0) is 17.9 Å². The zero-order valence-corrected chi connectivity index (χ0v) is 17.8. The van der Waals surface area contributed by atoms with E-state index >= 15 is 0 Å². The fourth-order valence-corrected chi connectivity index (χ4v) is 3.73. The van der Waals surface area contributed by atoms with Crippen LogP contribution in [0.4, 0.5) is 10.5 Å². The van der Waals surface area contributed by atoms with Crippen LogP contribution >= 0.6 is 0 Å². The van der Waals surface area contributed by atoms with E-state index in [1.807, 2.05) is 60.7 Å². The standard InChI is InChI=1S/C25H26N4O3/c30-24(22-11-6-12-23(16-22)28-14-4-5-15-28)27-32-25(31)29(18-20-8-2-1-3-9-20)19-21-10-7-13-26-17-21/h1-3,6-13,16-17H,4-5,14-15,18-19H2,(H,27,30). The lowest BCUT2D eigenvalue weighted by Crippen LogP contribution is -2.36. The number of anilines is 1. The fraction of sp³-hybridized carbons (Fsp3) is 0.240. The van der Waals surface area contributed by atoms with Crippen LogP contribution in [0.25, 0.3) is 0 Å². The monoisotopic (exact) mass is 430 g/mol. The molecular formula is C25H26N4O3. The predicted molar refractivity (Wildman–Crippen MR) is 122 cm³/mol. The van der Waals surface area contributed by atoms with E-state index in [1.165, 1.54) is 4.90 Å². The lowest BCUT2D eigenvalue weighted by atomic mass is 10.2. The van der Waals surface area contributed by atoms with Gasteiger partial charge >= 0.3 is 6.09 Å². The third-order valence-corrected chi connectivity index (χ3v) is 5.38. The van der Waals surface area contributed by atoms with Gasteiger partial charge in [-0.25, -0.2) is 4.79 Å². The van der Waals surface area contributed by atoms with Crippen molar-refractivity contribution in [3.05, 3.63) is 95.8 Å². The second-order valence-electron chi connectivity index (χ2n) is 7.75. The van der Waals surface area contributed by atoms with Crippen molar-refractivity contribution in [1.82, 2.24) is 15.4 Å². The van der Waals surface area contributed by atoms with Gasteiger partial charge in [0.2, 0.25) is 0 Å². The van der Waals surface area contributed by atoms with Crippen LogP contribution in [0.15, 0.2) is 79.1 Å². The molecular weight excluding hydrogens is 404 g/mol. The molecule has 164 valence electrons. The molecule has 1 aromatic heterocycles. The van der Waals surface area contributed by atoms with E-state index in [4.69, 9.17) is 4.84 Å². The largest absolute Gasteiger partial charge is 0.434 e. The quantitative estimate of drug-likeness (QED) is 0.594. The number of nitrogens with zero attached hydrogens (tertiary/aromatic N) is 3. The Labute approximate surface area is 187 Å². The van der Waals surface area contributed by atoms with Crippen LogP contribution in [0.3, 0.4) is 0 Å². The summed E-state index contributed by atoms with van der Waals surface area (Å²) in [7, 11) is 0. The Balaban J connectivity index is 1.41. The van der Waals surface area contributed by atoms with E-state index in [1.54, 1.807) is 18.5 Å². The van der Waals surface area contributed by atoms with Crippen molar-refractivity contribution in [2.75, 3.05) is 18.0 Å². The maximum atomic E-state index is 12.8. The van der Waals surface area contributed by atoms with Crippen molar-refractivity contribution < 1.29 is 14.4 Å². The first-order chi connectivity index (χ1) is 15.7. The molecule has 0 aliphatic carbocycles. The maximum absolute atomic E-state index is 12.8. The molecule has 7 heteroatoms. The molecule has 0 bridgehead atoms. The van der Waals surface area contributed by atoms with Gasteiger partial charge in [0.05, 0.1) is 6.54 Å². The highest BCUT2D eigenvalue weighted by Crippen LogP contribution is 2.21. The van der Waals surface area contributed by atoms with E-state index in [0.29, 0.717) is 18.7 Å². The third kappa shape index (κ3) is 5.63. The number of hydrogen-bond donors (Lipinski definition) is 1. The summed E-state index contributed by atoms with van der Waals surface area (Å²) in [6, 6.07) is 20.7. The molecule has 1 fully saturated rings. The highest BCUT2D eigenvalue weighted by atomic mass is 16.7. The van der Waals surface area contributed by atoms with Crippen molar-refractivity contribution >= 4 is 17.7 Å². The minimum absolute atomic E-state index is 0.307. The van der Waals surface area contributed by atoms with Gasteiger partial charge in [-0.3, -0.25) is 14.7 Å². The average Bonchev–Trinajstić information content (AvgIpc) is 3.38. The third-order valence-electron chi connectivity index (χ3n) is 5.38. The topological polar surface area (TPSA) is 74.8 Å². The van der Waals surface area contributed by atoms with Crippen LogP contribution < -0.4 is 10.4 Å². The molecule has 32 heavy (non-hydrogen) atoms. The molecule has 0 radical (unpaired) electrons. The van der Waals surface area contributed by atoms with Gasteiger partial charge in [0.25, 0.3) is 5.91 Å². The highest BCUT2D eigenvalue weighted by molar-refractivity contribution is 5.95. The summed E-state index contributed by atoms with van der Waals surface area (Å²) in [5.41, 5.74) is 5.58. The van der Waals surface area contributed by atoms with Crippen molar-refractivity contribution in [3.8, 4) is 0 Å². The molecule has 2 amide bonds. The second kappa shape index (κ2) is 10.4. The van der Waals surface area contributed by atoms with Crippen LogP contribution in [-0.4, -0.2) is 35.0 Å². The fourth-order valence-electron chi connectivity index (χ4n) is 3.73. The van der Waals surface area contributed by atoms with Crippen molar-refractivity contribution in [2.45, 2.75) is 25.9 Å². The summed E-state index contributed by atoms with van der Waals surface area (Å²) in [5.74, 6) is -0.458. The molecule has 0 atom stereocenters. The summed E-state index contributed by atoms with van der Waals surface area (Å²) < 4.78 is 0. The average molecular weight is 431 g/mol. The van der Waals surface area contributed by atoms with Crippen LogP contribution in [0.5, 0.6) is 0 Å². The first-order valence-corrected chi connectivity index (χ1v) is 10.7. The summed E-state index contributed by atoms with van der Waals surface area (Å²) in [4.78, 5) is 38.5. The van der Waals surface area contributed by atoms with E-state index in [9.17, 15) is 9.59 Å². The Morgan fingerprint density at radius 1 is 0.938 bits per heavy atom. The van der Waals surface area contributed by atoms with Crippen molar-refractivity contribution in [3.63, 3.8) is 0 Å². The summed E-state index contributed by atoms with van der Waals surface area (Å²) in [6.45, 7) is 2.63. The Morgan fingerprint density at radius 2 is 1.69 bits per heavy atom. The summed E-state index contributed by atoms with van der Waals surface area (Å²) in [5, 5.41) is 0. The number of benzene rings is 2. The van der Waals surface area contributed by atoms with Crippen molar-refractivity contribution in [1.29, 1.82) is 0 Å². The van der Waals surface area contributed by atoms with Crippen LogP contribution in [0.1, 0.15) is 34.3 Å². The Hall–Kier alpha value is -3.87. The molecule has 1 N–H and O–H groups in total. The number of pyridine rings is 1. The Bertz CT molecular complexity index is 996. The number of carbonyl (C=O) groups is 2. The lowest BCUT2D eigenvalue weighted by Gasteiger charge is -2.22. The molecule has 0 spiro atoms. The molecule has 1 aliphatic heterocycles. The number of nitrogens with one attached hydrogen (secondary N) is 1. The molecule has 0 saturated carbocycles. The molecule has 2 heterocycles. The maximum Gasteiger partial charge on any atom is 0.434 e. The Kier molecular flexibility index (Phi) is 6.97. The normalized spacial score (nSPS) is 12.9. The molecule has 2 aromatic carbocycles. The van der Waals surface area contributed by atoms with Crippen LogP contribution in [0, 0.1) is 0 Å². The number of amides is 2. The zero-order chi connectivity index (χ0) is 22.2. The van der Waals surface area contributed by atoms with E-state index in [-0.39, 0.29) is 0 Å². The lowest BCUT2D eigenvalue weighted by molar-refractivity contribution is 0.0397. The zero-order valence-electron chi connectivity index (χ0n) is 17.8. The molecule has 1 aliphatic rings. The number of hydroxylamine groups is 1. The highest BCUT2D eigenvalue weighted by Gasteiger charge is 2.19. The SMILES string of the molecule is O=C(NOC(=O)N(Cc1ccccc1)Cc1cccnc1)c1cccc(N2CCCC2)c1. The summed E-state index contributed by atoms with van der Waals surface area (Å²) >= 11 is 0. The number of aromatic nitrogens is 1. The van der Waals surface area contributed by atoms with Gasteiger partial charge in [-0.05, 0) is 48.2 Å². The van der Waals surface area contributed by atoms with Gasteiger partial charge in [0.1, 0.15) is 0 Å². The molecule has 3 aromatic rings. The van der Waals surface area contributed by atoms with Gasteiger partial charge in [-0.1, -0.05) is 42.5 Å². The number of carbonyl (C=O) groups excluding carboxylic acids is 2. The van der Waals surface area contributed by atoms with Crippen molar-refractivity contribution in [2.24, 2.45) is 0 Å². The molecule has 4 rings (SSSR count). The van der Waals surface area contributed by atoms with Gasteiger partial charge in [0, 0.05) is 43.3 Å². The van der Waals surface area contributed by atoms with Gasteiger partial charge in [-0.15, -0.1) is 0 Å². The smallest absolute Gasteiger partial charge is 0.372 e. The molecule has 1 saturated heterocycles. The van der Waals surface area contributed by atoms with E-state index in [0.717, 1.165) is 42.7 Å². The first-order valence-electron chi connectivity index (χ1n) is 10.7. The van der Waals surface area contributed by atoms with Crippen LogP contribution in [0.2, 0.25) is 0 Å². The predicted octanol–water partition coefficient (Wildman–Crippen LogP) is 4.17. The van der Waals surface area contributed by atoms with Gasteiger partial charge in [-0.2, -0.15) is 5.48 Å². The van der Waals surface area contributed by atoms with E-state index in [2.05, 4.69) is 15.4 Å². The van der Waals surface area contributed by atoms with E-state index < -0.39 is 12.0 Å². The number of hydrogen-bond acceptors (Lipinski definition) is 5. The van der Waals surface area contributed by atoms with Gasteiger partial charge in [0.15, 0.2) is 0 Å². The first kappa shape index (κ1) is 21.4. The minimum atomic E-state index is -0.637. The minimum Gasteiger partial charge on any atom is -0.372 e. The summed E-state index contributed by atoms with van der Waals surface area (Å²) in [6.07, 6.45) is 5.06. The Morgan fingerprint density at radius 3 is 2.44 bits per heavy atom. The number of rotatable bonds is 6. The molecule has 0 unspecified atom stereocenters. The molecule has 7 nitrogen and oxygen atoms in total. The second-order valence-corrected chi connectivity index (χ2v) is 7.75. The van der Waals surface area contributed by atoms with Gasteiger partial charge < -0.3 is 9.74 Å².